The van der Waals surface area contributed by atoms with Gasteiger partial charge < -0.3 is 9.88 Å². The van der Waals surface area contributed by atoms with Crippen LogP contribution in [0.15, 0.2) is 30.7 Å². The standard InChI is InChI=1S/C14H13F3N4O3/c1-8(2)20-6-12(18-7-20)19-13(22)9-3-10(14(15,16)17)5-11(4-9)21(23)24/h3-8H,1-2H3,(H,19,22). The van der Waals surface area contributed by atoms with Crippen LogP contribution in [-0.2, 0) is 6.18 Å². The van der Waals surface area contributed by atoms with E-state index in [2.05, 4.69) is 10.3 Å². The lowest BCUT2D eigenvalue weighted by atomic mass is 10.1. The SMILES string of the molecule is CC(C)n1cnc(NC(=O)c2cc([N+](=O)[O-])cc(C(F)(F)F)c2)c1. The summed E-state index contributed by atoms with van der Waals surface area (Å²) in [5.74, 6) is -0.785. The first-order chi connectivity index (χ1) is 11.1. The lowest BCUT2D eigenvalue weighted by molar-refractivity contribution is -0.385. The Morgan fingerprint density at radius 3 is 2.50 bits per heavy atom. The minimum Gasteiger partial charge on any atom is -0.333 e. The fourth-order valence-electron chi connectivity index (χ4n) is 1.88. The first-order valence-corrected chi connectivity index (χ1v) is 6.79. The third kappa shape index (κ3) is 3.89. The summed E-state index contributed by atoms with van der Waals surface area (Å²) in [6.45, 7) is 3.76. The molecule has 0 bridgehead atoms. The molecule has 1 aromatic carbocycles. The number of anilines is 1. The Hall–Kier alpha value is -2.91. The topological polar surface area (TPSA) is 90.1 Å². The number of hydrogen-bond donors (Lipinski definition) is 1. The van der Waals surface area contributed by atoms with Crippen molar-refractivity contribution in [2.24, 2.45) is 0 Å². The van der Waals surface area contributed by atoms with Crippen LogP contribution in [0.4, 0.5) is 24.7 Å². The number of carbonyl (C=O) groups is 1. The Bertz CT molecular complexity index is 784. The molecular weight excluding hydrogens is 329 g/mol. The summed E-state index contributed by atoms with van der Waals surface area (Å²) in [5, 5.41) is 13.1. The maximum Gasteiger partial charge on any atom is 0.416 e. The molecule has 0 aliphatic heterocycles. The van der Waals surface area contributed by atoms with Gasteiger partial charge in [0.15, 0.2) is 5.82 Å². The minimum absolute atomic E-state index is 0.0813. The summed E-state index contributed by atoms with van der Waals surface area (Å²) in [7, 11) is 0. The second-order valence-corrected chi connectivity index (χ2v) is 5.28. The predicted octanol–water partition coefficient (Wildman–Crippen LogP) is 3.64. The molecule has 1 N–H and O–H groups in total. The zero-order valence-electron chi connectivity index (χ0n) is 12.7. The molecule has 2 rings (SSSR count). The molecule has 1 aromatic heterocycles. The third-order valence-corrected chi connectivity index (χ3v) is 3.16. The Balaban J connectivity index is 2.33. The van der Waals surface area contributed by atoms with Crippen LogP contribution >= 0.6 is 0 Å². The fraction of sp³-hybridized carbons (Fsp3) is 0.286. The molecule has 128 valence electrons. The summed E-state index contributed by atoms with van der Waals surface area (Å²) in [6, 6.07) is 1.80. The van der Waals surface area contributed by atoms with E-state index in [0.29, 0.717) is 12.1 Å². The summed E-state index contributed by atoms with van der Waals surface area (Å²) in [4.78, 5) is 25.8. The van der Waals surface area contributed by atoms with Gasteiger partial charge in [0.05, 0.1) is 16.8 Å². The second-order valence-electron chi connectivity index (χ2n) is 5.28. The Morgan fingerprint density at radius 2 is 2.00 bits per heavy atom. The van der Waals surface area contributed by atoms with Gasteiger partial charge >= 0.3 is 6.18 Å². The highest BCUT2D eigenvalue weighted by Gasteiger charge is 2.33. The van der Waals surface area contributed by atoms with Crippen LogP contribution in [0.5, 0.6) is 0 Å². The van der Waals surface area contributed by atoms with Crippen molar-refractivity contribution in [1.82, 2.24) is 9.55 Å². The number of carbonyl (C=O) groups excluding carboxylic acids is 1. The molecule has 10 heteroatoms. The first-order valence-electron chi connectivity index (χ1n) is 6.79. The summed E-state index contributed by atoms with van der Waals surface area (Å²) >= 11 is 0. The van der Waals surface area contributed by atoms with Gasteiger partial charge in [0.1, 0.15) is 0 Å². The van der Waals surface area contributed by atoms with Crippen LogP contribution in [0.25, 0.3) is 0 Å². The lowest BCUT2D eigenvalue weighted by Crippen LogP contribution is -2.15. The molecule has 0 fully saturated rings. The van der Waals surface area contributed by atoms with Crippen LogP contribution in [0.1, 0.15) is 35.8 Å². The molecule has 0 radical (unpaired) electrons. The first kappa shape index (κ1) is 17.4. The van der Waals surface area contributed by atoms with E-state index in [1.165, 1.54) is 12.5 Å². The van der Waals surface area contributed by atoms with Crippen LogP contribution < -0.4 is 5.32 Å². The Kier molecular flexibility index (Phi) is 4.58. The van der Waals surface area contributed by atoms with Gasteiger partial charge in [0.25, 0.3) is 11.6 Å². The van der Waals surface area contributed by atoms with Crippen molar-refractivity contribution in [3.05, 3.63) is 52.0 Å². The Labute approximate surface area is 134 Å². The quantitative estimate of drug-likeness (QED) is 0.678. The number of halogens is 3. The van der Waals surface area contributed by atoms with E-state index < -0.39 is 33.8 Å². The summed E-state index contributed by atoms with van der Waals surface area (Å²) in [5.41, 5.74) is -2.56. The van der Waals surface area contributed by atoms with E-state index in [4.69, 9.17) is 0 Å². The molecule has 0 aliphatic rings. The zero-order valence-corrected chi connectivity index (χ0v) is 12.7. The van der Waals surface area contributed by atoms with Crippen LogP contribution in [0.2, 0.25) is 0 Å². The molecule has 0 saturated carbocycles. The predicted molar refractivity (Wildman–Crippen MR) is 78.7 cm³/mol. The van der Waals surface area contributed by atoms with Crippen molar-refractivity contribution in [2.75, 3.05) is 5.32 Å². The van der Waals surface area contributed by atoms with E-state index in [-0.39, 0.29) is 11.9 Å². The number of imidazole rings is 1. The smallest absolute Gasteiger partial charge is 0.333 e. The van der Waals surface area contributed by atoms with Gasteiger partial charge in [-0.25, -0.2) is 4.98 Å². The van der Waals surface area contributed by atoms with E-state index in [1.54, 1.807) is 4.57 Å². The second kappa shape index (κ2) is 6.30. The molecule has 0 atom stereocenters. The van der Waals surface area contributed by atoms with Crippen LogP contribution in [0.3, 0.4) is 0 Å². The maximum absolute atomic E-state index is 12.8. The van der Waals surface area contributed by atoms with Gasteiger partial charge in [-0.15, -0.1) is 0 Å². The molecule has 0 unspecified atom stereocenters. The van der Waals surface area contributed by atoms with E-state index in [9.17, 15) is 28.1 Å². The molecule has 24 heavy (non-hydrogen) atoms. The highest BCUT2D eigenvalue weighted by molar-refractivity contribution is 6.04. The van der Waals surface area contributed by atoms with Gasteiger partial charge in [0.2, 0.25) is 0 Å². The van der Waals surface area contributed by atoms with E-state index in [1.807, 2.05) is 13.8 Å². The molecule has 0 saturated heterocycles. The van der Waals surface area contributed by atoms with E-state index >= 15 is 0 Å². The average Bonchev–Trinajstić information content (AvgIpc) is 2.94. The number of nitro benzene ring substituents is 1. The number of rotatable bonds is 4. The number of aromatic nitrogens is 2. The van der Waals surface area contributed by atoms with Gasteiger partial charge in [0, 0.05) is 29.9 Å². The number of nitrogens with zero attached hydrogens (tertiary/aromatic N) is 3. The van der Waals surface area contributed by atoms with Crippen molar-refractivity contribution in [3.63, 3.8) is 0 Å². The minimum atomic E-state index is -4.81. The van der Waals surface area contributed by atoms with Crippen LogP contribution in [0, 0.1) is 10.1 Å². The molecule has 1 heterocycles. The largest absolute Gasteiger partial charge is 0.416 e. The monoisotopic (exact) mass is 342 g/mol. The normalized spacial score (nSPS) is 11.6. The van der Waals surface area contributed by atoms with Crippen molar-refractivity contribution in [2.45, 2.75) is 26.1 Å². The number of benzene rings is 1. The van der Waals surface area contributed by atoms with Crippen molar-refractivity contribution >= 4 is 17.4 Å². The van der Waals surface area contributed by atoms with Gasteiger partial charge in [-0.1, -0.05) is 0 Å². The number of nitro groups is 1. The number of hydrogen-bond acceptors (Lipinski definition) is 4. The average molecular weight is 342 g/mol. The highest BCUT2D eigenvalue weighted by Crippen LogP contribution is 2.32. The van der Waals surface area contributed by atoms with Gasteiger partial charge in [-0.05, 0) is 19.9 Å². The molecule has 7 nitrogen and oxygen atoms in total. The molecule has 1 amide bonds. The third-order valence-electron chi connectivity index (χ3n) is 3.16. The van der Waals surface area contributed by atoms with E-state index in [0.717, 1.165) is 6.07 Å². The van der Waals surface area contributed by atoms with Crippen molar-refractivity contribution in [1.29, 1.82) is 0 Å². The zero-order chi connectivity index (χ0) is 18.1. The number of alkyl halides is 3. The molecular formula is C14H13F3N4O3. The molecule has 2 aromatic rings. The fourth-order valence-corrected chi connectivity index (χ4v) is 1.88. The van der Waals surface area contributed by atoms with Gasteiger partial charge in [-0.3, -0.25) is 14.9 Å². The summed E-state index contributed by atoms with van der Waals surface area (Å²) in [6.07, 6.45) is -1.85. The molecule has 0 spiro atoms. The maximum atomic E-state index is 12.8. The number of amides is 1. The van der Waals surface area contributed by atoms with Crippen molar-refractivity contribution < 1.29 is 22.9 Å². The Morgan fingerprint density at radius 1 is 1.33 bits per heavy atom. The van der Waals surface area contributed by atoms with Crippen LogP contribution in [-0.4, -0.2) is 20.4 Å². The number of non-ortho nitro benzene ring substituents is 1. The van der Waals surface area contributed by atoms with Gasteiger partial charge in [-0.2, -0.15) is 13.2 Å². The summed E-state index contributed by atoms with van der Waals surface area (Å²) < 4.78 is 40.2. The lowest BCUT2D eigenvalue weighted by Gasteiger charge is -2.09. The number of nitrogens with one attached hydrogen (secondary N) is 1. The van der Waals surface area contributed by atoms with Crippen molar-refractivity contribution in [3.8, 4) is 0 Å². The highest BCUT2D eigenvalue weighted by atomic mass is 19.4. The molecule has 0 aliphatic carbocycles.